The van der Waals surface area contributed by atoms with Crippen molar-refractivity contribution >= 4 is 10.0 Å². The molecule has 0 saturated heterocycles. The van der Waals surface area contributed by atoms with E-state index in [2.05, 4.69) is 19.7 Å². The highest BCUT2D eigenvalue weighted by molar-refractivity contribution is 7.89. The Morgan fingerprint density at radius 1 is 1.24 bits per heavy atom. The van der Waals surface area contributed by atoms with Gasteiger partial charge < -0.3 is 9.84 Å². The summed E-state index contributed by atoms with van der Waals surface area (Å²) in [6.07, 6.45) is 3.82. The van der Waals surface area contributed by atoms with Crippen LogP contribution in [-0.4, -0.2) is 19.6 Å². The van der Waals surface area contributed by atoms with Crippen LogP contribution in [0.3, 0.4) is 0 Å². The van der Waals surface area contributed by atoms with Crippen LogP contribution in [0, 0.1) is 0 Å². The van der Waals surface area contributed by atoms with E-state index in [1.807, 2.05) is 6.07 Å². The van der Waals surface area contributed by atoms with Gasteiger partial charge in [-0.15, -0.1) is 0 Å². The quantitative estimate of drug-likeness (QED) is 0.808. The first-order valence-electron chi connectivity index (χ1n) is 6.85. The minimum atomic E-state index is -3.54. The lowest BCUT2D eigenvalue weighted by Gasteiger charge is -2.08. The largest absolute Gasteiger partial charge is 0.364 e. The monoisotopic (exact) mass is 307 g/mol. The summed E-state index contributed by atoms with van der Waals surface area (Å²) in [5.74, 6) is 0. The van der Waals surface area contributed by atoms with Gasteiger partial charge in [-0.1, -0.05) is 17.3 Å². The van der Waals surface area contributed by atoms with E-state index in [1.54, 1.807) is 24.3 Å². The van der Waals surface area contributed by atoms with Crippen LogP contribution < -0.4 is 10.0 Å². The molecule has 6 nitrogen and oxygen atoms in total. The Morgan fingerprint density at radius 3 is 2.81 bits per heavy atom. The van der Waals surface area contributed by atoms with Crippen LogP contribution >= 0.6 is 0 Å². The number of sulfonamides is 1. The van der Waals surface area contributed by atoms with Crippen molar-refractivity contribution in [1.29, 1.82) is 0 Å². The second kappa shape index (κ2) is 5.97. The van der Waals surface area contributed by atoms with Crippen molar-refractivity contribution in [2.45, 2.75) is 36.9 Å². The van der Waals surface area contributed by atoms with Crippen molar-refractivity contribution in [1.82, 2.24) is 15.2 Å². The highest BCUT2D eigenvalue weighted by Crippen LogP contribution is 2.20. The maximum atomic E-state index is 12.2. The molecular weight excluding hydrogens is 290 g/mol. The smallest absolute Gasteiger partial charge is 0.240 e. The molecule has 1 saturated carbocycles. The van der Waals surface area contributed by atoms with Crippen molar-refractivity contribution in [2.75, 3.05) is 0 Å². The van der Waals surface area contributed by atoms with Gasteiger partial charge >= 0.3 is 0 Å². The summed E-state index contributed by atoms with van der Waals surface area (Å²) in [5.41, 5.74) is 1.51. The van der Waals surface area contributed by atoms with Crippen LogP contribution in [-0.2, 0) is 23.1 Å². The molecule has 0 atom stereocenters. The normalized spacial score (nSPS) is 15.2. The lowest BCUT2D eigenvalue weighted by molar-refractivity contribution is 0.411. The second-order valence-electron chi connectivity index (χ2n) is 5.12. The minimum Gasteiger partial charge on any atom is -0.364 e. The Kier molecular flexibility index (Phi) is 4.05. The first-order valence-corrected chi connectivity index (χ1v) is 8.33. The number of aromatic nitrogens is 1. The summed E-state index contributed by atoms with van der Waals surface area (Å²) >= 11 is 0. The molecule has 1 aliphatic carbocycles. The molecule has 0 aliphatic heterocycles. The van der Waals surface area contributed by atoms with E-state index in [0.717, 1.165) is 5.56 Å². The predicted molar refractivity (Wildman–Crippen MR) is 76.8 cm³/mol. The van der Waals surface area contributed by atoms with E-state index in [4.69, 9.17) is 0 Å². The van der Waals surface area contributed by atoms with Gasteiger partial charge in [0, 0.05) is 18.7 Å². The van der Waals surface area contributed by atoms with E-state index >= 15 is 0 Å². The summed E-state index contributed by atoms with van der Waals surface area (Å²) < 4.78 is 31.7. The molecule has 2 N–H and O–H groups in total. The number of rotatable bonds is 7. The van der Waals surface area contributed by atoms with Crippen LogP contribution in [0.1, 0.15) is 24.1 Å². The second-order valence-corrected chi connectivity index (χ2v) is 6.88. The molecule has 1 aromatic heterocycles. The highest BCUT2D eigenvalue weighted by atomic mass is 32.2. The van der Waals surface area contributed by atoms with E-state index < -0.39 is 10.0 Å². The molecule has 3 rings (SSSR count). The van der Waals surface area contributed by atoms with E-state index in [-0.39, 0.29) is 11.4 Å². The van der Waals surface area contributed by atoms with Crippen molar-refractivity contribution in [3.05, 3.63) is 47.9 Å². The first kappa shape index (κ1) is 14.2. The molecule has 2 aromatic rings. The topological polar surface area (TPSA) is 84.2 Å². The van der Waals surface area contributed by atoms with Crippen LogP contribution in [0.4, 0.5) is 0 Å². The van der Waals surface area contributed by atoms with Crippen LogP contribution in [0.5, 0.6) is 0 Å². The van der Waals surface area contributed by atoms with Crippen molar-refractivity contribution < 1.29 is 12.9 Å². The molecule has 21 heavy (non-hydrogen) atoms. The third kappa shape index (κ3) is 3.90. The third-order valence-electron chi connectivity index (χ3n) is 3.32. The molecule has 7 heteroatoms. The van der Waals surface area contributed by atoms with Gasteiger partial charge in [0.25, 0.3) is 0 Å². The zero-order chi connectivity index (χ0) is 14.7. The number of benzene rings is 1. The summed E-state index contributed by atoms with van der Waals surface area (Å²) in [5, 5.41) is 7.04. The first-order chi connectivity index (χ1) is 10.1. The molecule has 0 amide bonds. The number of nitrogens with one attached hydrogen (secondary N) is 2. The van der Waals surface area contributed by atoms with Gasteiger partial charge in [0.1, 0.15) is 6.26 Å². The SMILES string of the molecule is O=S(=O)(NCc1ccon1)c1cccc(CNC2CC2)c1. The maximum absolute atomic E-state index is 12.2. The molecule has 0 spiro atoms. The van der Waals surface area contributed by atoms with E-state index in [1.165, 1.54) is 19.1 Å². The predicted octanol–water partition coefficient (Wildman–Crippen LogP) is 1.41. The summed E-state index contributed by atoms with van der Waals surface area (Å²) in [6.45, 7) is 0.806. The van der Waals surface area contributed by atoms with E-state index in [9.17, 15) is 8.42 Å². The van der Waals surface area contributed by atoms with E-state index in [0.29, 0.717) is 18.3 Å². The molecular formula is C14H17N3O3S. The lowest BCUT2D eigenvalue weighted by Crippen LogP contribution is -2.23. The molecule has 1 heterocycles. The molecule has 1 aromatic carbocycles. The Hall–Kier alpha value is -1.70. The molecule has 112 valence electrons. The van der Waals surface area contributed by atoms with Crippen molar-refractivity contribution in [3.8, 4) is 0 Å². The Bertz CT molecular complexity index is 694. The molecule has 0 unspecified atom stereocenters. The number of hydrogen-bond acceptors (Lipinski definition) is 5. The molecule has 1 fully saturated rings. The van der Waals surface area contributed by atoms with Gasteiger partial charge in [-0.05, 0) is 30.5 Å². The summed E-state index contributed by atoms with van der Waals surface area (Å²) in [6, 6.07) is 9.18. The highest BCUT2D eigenvalue weighted by Gasteiger charge is 2.20. The fraction of sp³-hybridized carbons (Fsp3) is 0.357. The molecule has 1 aliphatic rings. The zero-order valence-electron chi connectivity index (χ0n) is 11.5. The van der Waals surface area contributed by atoms with Crippen LogP contribution in [0.15, 0.2) is 46.0 Å². The Morgan fingerprint density at radius 2 is 2.10 bits per heavy atom. The summed E-state index contributed by atoms with van der Waals surface area (Å²) in [4.78, 5) is 0.265. The fourth-order valence-corrected chi connectivity index (χ4v) is 3.02. The third-order valence-corrected chi connectivity index (χ3v) is 4.71. The minimum absolute atomic E-state index is 0.114. The van der Waals surface area contributed by atoms with Gasteiger partial charge in [0.15, 0.2) is 0 Å². The van der Waals surface area contributed by atoms with Crippen molar-refractivity contribution in [3.63, 3.8) is 0 Å². The Labute approximate surface area is 123 Å². The van der Waals surface area contributed by atoms with Crippen LogP contribution in [0.25, 0.3) is 0 Å². The maximum Gasteiger partial charge on any atom is 0.240 e. The average molecular weight is 307 g/mol. The van der Waals surface area contributed by atoms with Gasteiger partial charge in [0.05, 0.1) is 17.1 Å². The number of nitrogens with zero attached hydrogens (tertiary/aromatic N) is 1. The standard InChI is InChI=1S/C14H17N3O3S/c18-21(19,16-10-13-6-7-20-17-13)14-3-1-2-11(8-14)9-15-12-4-5-12/h1-3,6-8,12,15-16H,4-5,9-10H2. The van der Waals surface area contributed by atoms with Gasteiger partial charge in [-0.2, -0.15) is 0 Å². The van der Waals surface area contributed by atoms with Gasteiger partial charge in [-0.25, -0.2) is 13.1 Å². The lowest BCUT2D eigenvalue weighted by atomic mass is 10.2. The van der Waals surface area contributed by atoms with Crippen LogP contribution in [0.2, 0.25) is 0 Å². The van der Waals surface area contributed by atoms with Crippen molar-refractivity contribution in [2.24, 2.45) is 0 Å². The fourth-order valence-electron chi connectivity index (χ4n) is 1.95. The number of hydrogen-bond donors (Lipinski definition) is 2. The van der Waals surface area contributed by atoms with Gasteiger partial charge in [0.2, 0.25) is 10.0 Å². The summed E-state index contributed by atoms with van der Waals surface area (Å²) in [7, 11) is -3.54. The Balaban J connectivity index is 1.67. The van der Waals surface area contributed by atoms with Gasteiger partial charge in [-0.3, -0.25) is 0 Å². The molecule has 0 radical (unpaired) electrons. The zero-order valence-corrected chi connectivity index (χ0v) is 12.3. The average Bonchev–Trinajstić information content (AvgIpc) is 3.17. The molecule has 0 bridgehead atoms.